The van der Waals surface area contributed by atoms with Gasteiger partial charge in [-0.1, -0.05) is 32.6 Å². The smallest absolute Gasteiger partial charge is 0.339 e. The molecule has 1 saturated carbocycles. The molecule has 0 saturated heterocycles. The Morgan fingerprint density at radius 2 is 1.81 bits per heavy atom. The van der Waals surface area contributed by atoms with Crippen molar-refractivity contribution in [2.45, 2.75) is 71.3 Å². The summed E-state index contributed by atoms with van der Waals surface area (Å²) in [6, 6.07) is 0. The molecule has 0 spiro atoms. The first kappa shape index (κ1) is 21.0. The largest absolute Gasteiger partial charge is 0.465 e. The summed E-state index contributed by atoms with van der Waals surface area (Å²) in [4.78, 5) is 40.8. The molecule has 3 N–H and O–H groups in total. The van der Waals surface area contributed by atoms with Crippen molar-refractivity contribution in [2.24, 2.45) is 0 Å². The highest BCUT2D eigenvalue weighted by Crippen LogP contribution is 2.29. The van der Waals surface area contributed by atoms with Crippen LogP contribution in [-0.2, 0) is 9.53 Å². The van der Waals surface area contributed by atoms with Gasteiger partial charge in [-0.05, 0) is 38.7 Å². The lowest BCUT2D eigenvalue weighted by Gasteiger charge is -2.36. The summed E-state index contributed by atoms with van der Waals surface area (Å²) in [5.74, 6) is -0.957. The van der Waals surface area contributed by atoms with Crippen molar-refractivity contribution in [1.82, 2.24) is 15.6 Å². The van der Waals surface area contributed by atoms with Crippen LogP contribution in [0.4, 0.5) is 0 Å². The van der Waals surface area contributed by atoms with Gasteiger partial charge in [0.25, 0.3) is 5.91 Å². The lowest BCUT2D eigenvalue weighted by molar-refractivity contribution is -0.128. The number of hydrogen-bond acceptors (Lipinski definition) is 4. The molecular formula is C20H31N3O4. The van der Waals surface area contributed by atoms with Crippen molar-refractivity contribution in [3.63, 3.8) is 0 Å². The number of nitrogens with one attached hydrogen (secondary N) is 3. The molecular weight excluding hydrogens is 346 g/mol. The number of unbranched alkanes of at least 4 members (excludes halogenated alkanes) is 1. The van der Waals surface area contributed by atoms with Crippen LogP contribution in [0, 0.1) is 13.8 Å². The van der Waals surface area contributed by atoms with Crippen molar-refractivity contribution >= 4 is 17.8 Å². The van der Waals surface area contributed by atoms with Crippen molar-refractivity contribution in [1.29, 1.82) is 0 Å². The Morgan fingerprint density at radius 1 is 1.15 bits per heavy atom. The van der Waals surface area contributed by atoms with Gasteiger partial charge in [0.15, 0.2) is 0 Å². The molecule has 1 heterocycles. The molecule has 1 fully saturated rings. The number of H-pyrrole nitrogens is 1. The zero-order valence-corrected chi connectivity index (χ0v) is 16.8. The number of hydrogen-bond donors (Lipinski definition) is 3. The van der Waals surface area contributed by atoms with E-state index in [2.05, 4.69) is 22.5 Å². The summed E-state index contributed by atoms with van der Waals surface area (Å²) in [7, 11) is 1.31. The highest BCUT2D eigenvalue weighted by molar-refractivity contribution is 6.02. The number of aryl methyl sites for hydroxylation is 1. The fraction of sp³-hybridized carbons (Fsp3) is 0.650. The highest BCUT2D eigenvalue weighted by Gasteiger charge is 2.41. The van der Waals surface area contributed by atoms with E-state index in [1.165, 1.54) is 7.11 Å². The predicted molar refractivity (Wildman–Crippen MR) is 103 cm³/mol. The Balaban J connectivity index is 2.24. The molecule has 27 heavy (non-hydrogen) atoms. The standard InChI is InChI=1S/C20H31N3O4/c1-5-6-12-21-19(26)20(10-8-7-9-11-20)23-17(24)16-13(2)15(14(3)22-16)18(25)27-4/h22H,5-12H2,1-4H3,(H,21,26)(H,23,24). The van der Waals surface area contributed by atoms with Gasteiger partial charge in [-0.2, -0.15) is 0 Å². The molecule has 0 bridgehead atoms. The Kier molecular flexibility index (Phi) is 7.05. The fourth-order valence-electron chi connectivity index (χ4n) is 3.78. The Labute approximate surface area is 160 Å². The second-order valence-corrected chi connectivity index (χ2v) is 7.32. The van der Waals surface area contributed by atoms with E-state index >= 15 is 0 Å². The van der Waals surface area contributed by atoms with Gasteiger partial charge in [0, 0.05) is 12.2 Å². The highest BCUT2D eigenvalue weighted by atomic mass is 16.5. The van der Waals surface area contributed by atoms with Crippen LogP contribution in [0.1, 0.15) is 84.0 Å². The van der Waals surface area contributed by atoms with Gasteiger partial charge in [0.05, 0.1) is 12.7 Å². The van der Waals surface area contributed by atoms with Crippen molar-refractivity contribution in [3.8, 4) is 0 Å². The summed E-state index contributed by atoms with van der Waals surface area (Å²) in [5, 5.41) is 5.95. The molecule has 1 aromatic heterocycles. The molecule has 0 atom stereocenters. The topological polar surface area (TPSA) is 100 Å². The van der Waals surface area contributed by atoms with Crippen LogP contribution in [-0.4, -0.2) is 42.0 Å². The molecule has 2 amide bonds. The summed E-state index contributed by atoms with van der Waals surface area (Å²) < 4.78 is 4.80. The maximum absolute atomic E-state index is 13.0. The molecule has 7 nitrogen and oxygen atoms in total. The van der Waals surface area contributed by atoms with Crippen LogP contribution >= 0.6 is 0 Å². The minimum absolute atomic E-state index is 0.113. The maximum Gasteiger partial charge on any atom is 0.339 e. The molecule has 1 aliphatic rings. The second-order valence-electron chi connectivity index (χ2n) is 7.32. The number of carbonyl (C=O) groups excluding carboxylic acids is 3. The number of amides is 2. The number of esters is 1. The van der Waals surface area contributed by atoms with Crippen LogP contribution in [0.2, 0.25) is 0 Å². The number of ether oxygens (including phenoxy) is 1. The normalized spacial score (nSPS) is 15.9. The molecule has 1 aromatic rings. The number of rotatable bonds is 7. The third-order valence-electron chi connectivity index (χ3n) is 5.36. The van der Waals surface area contributed by atoms with E-state index in [1.54, 1.807) is 13.8 Å². The summed E-state index contributed by atoms with van der Waals surface area (Å²) in [5.41, 5.74) is 0.899. The van der Waals surface area contributed by atoms with Crippen LogP contribution in [0.25, 0.3) is 0 Å². The number of carbonyl (C=O) groups is 3. The molecule has 7 heteroatoms. The van der Waals surface area contributed by atoms with Gasteiger partial charge in [0.1, 0.15) is 11.2 Å². The monoisotopic (exact) mass is 377 g/mol. The molecule has 0 radical (unpaired) electrons. The molecule has 1 aliphatic carbocycles. The Hall–Kier alpha value is -2.31. The maximum atomic E-state index is 13.0. The van der Waals surface area contributed by atoms with E-state index in [4.69, 9.17) is 4.74 Å². The van der Waals surface area contributed by atoms with Gasteiger partial charge in [-0.15, -0.1) is 0 Å². The van der Waals surface area contributed by atoms with Crippen molar-refractivity contribution in [3.05, 3.63) is 22.5 Å². The SMILES string of the molecule is CCCCNC(=O)C1(NC(=O)c2[nH]c(C)c(C(=O)OC)c2C)CCCCC1. The molecule has 0 unspecified atom stereocenters. The number of aromatic amines is 1. The first-order valence-corrected chi connectivity index (χ1v) is 9.74. The third kappa shape index (κ3) is 4.51. The first-order valence-electron chi connectivity index (χ1n) is 9.74. The van der Waals surface area contributed by atoms with Crippen LogP contribution in [0.15, 0.2) is 0 Å². The van der Waals surface area contributed by atoms with E-state index in [9.17, 15) is 14.4 Å². The Morgan fingerprint density at radius 3 is 2.41 bits per heavy atom. The summed E-state index contributed by atoms with van der Waals surface area (Å²) in [6.45, 7) is 6.11. The van der Waals surface area contributed by atoms with Crippen molar-refractivity contribution < 1.29 is 19.1 Å². The quantitative estimate of drug-likeness (QED) is 0.502. The first-order chi connectivity index (χ1) is 12.9. The van der Waals surface area contributed by atoms with E-state index in [-0.39, 0.29) is 11.8 Å². The minimum atomic E-state index is -0.889. The van der Waals surface area contributed by atoms with Gasteiger partial charge in [-0.3, -0.25) is 9.59 Å². The van der Waals surface area contributed by atoms with Crippen LogP contribution < -0.4 is 10.6 Å². The number of aromatic nitrogens is 1. The average Bonchev–Trinajstić information content (AvgIpc) is 2.96. The summed E-state index contributed by atoms with van der Waals surface area (Å²) >= 11 is 0. The molecule has 0 aliphatic heterocycles. The number of methoxy groups -OCH3 is 1. The zero-order chi connectivity index (χ0) is 20.0. The molecule has 150 valence electrons. The third-order valence-corrected chi connectivity index (χ3v) is 5.36. The average molecular weight is 377 g/mol. The zero-order valence-electron chi connectivity index (χ0n) is 16.8. The van der Waals surface area contributed by atoms with E-state index in [1.807, 2.05) is 0 Å². The second kappa shape index (κ2) is 9.06. The van der Waals surface area contributed by atoms with Crippen molar-refractivity contribution in [2.75, 3.05) is 13.7 Å². The Bertz CT molecular complexity index is 702. The predicted octanol–water partition coefficient (Wildman–Crippen LogP) is 2.77. The van der Waals surface area contributed by atoms with Crippen LogP contribution in [0.5, 0.6) is 0 Å². The van der Waals surface area contributed by atoms with Gasteiger partial charge in [-0.25, -0.2) is 4.79 Å². The van der Waals surface area contributed by atoms with Gasteiger partial charge < -0.3 is 20.4 Å². The van der Waals surface area contributed by atoms with E-state index in [0.717, 1.165) is 32.1 Å². The lowest BCUT2D eigenvalue weighted by Crippen LogP contribution is -2.60. The fourth-order valence-corrected chi connectivity index (χ4v) is 3.78. The van der Waals surface area contributed by atoms with Gasteiger partial charge >= 0.3 is 5.97 Å². The molecule has 0 aromatic carbocycles. The van der Waals surface area contributed by atoms with Gasteiger partial charge in [0.2, 0.25) is 5.91 Å². The summed E-state index contributed by atoms with van der Waals surface area (Å²) in [6.07, 6.45) is 6.02. The molecule has 2 rings (SSSR count). The van der Waals surface area contributed by atoms with Crippen LogP contribution in [0.3, 0.4) is 0 Å². The van der Waals surface area contributed by atoms with E-state index < -0.39 is 11.5 Å². The van der Waals surface area contributed by atoms with E-state index in [0.29, 0.717) is 41.9 Å². The lowest BCUT2D eigenvalue weighted by atomic mass is 9.80. The minimum Gasteiger partial charge on any atom is -0.465 e.